The number of aromatic nitrogens is 1. The van der Waals surface area contributed by atoms with Gasteiger partial charge in [0.2, 0.25) is 5.91 Å². The smallest absolute Gasteiger partial charge is 0.355 e. The Bertz CT molecular complexity index is 729. The number of nitrogens with zero attached hydrogens (tertiary/aromatic N) is 1. The minimum absolute atomic E-state index is 0.0292. The van der Waals surface area contributed by atoms with Crippen LogP contribution < -0.4 is 5.32 Å². The summed E-state index contributed by atoms with van der Waals surface area (Å²) < 4.78 is 38.4. The molecule has 0 spiro atoms. The van der Waals surface area contributed by atoms with E-state index in [1.54, 1.807) is 6.07 Å². The van der Waals surface area contributed by atoms with Crippen molar-refractivity contribution in [1.82, 2.24) is 10.3 Å². The molecule has 0 aromatic carbocycles. The summed E-state index contributed by atoms with van der Waals surface area (Å²) in [6, 6.07) is 2.74. The van der Waals surface area contributed by atoms with Gasteiger partial charge >= 0.3 is 6.18 Å². The van der Waals surface area contributed by atoms with Crippen LogP contribution in [0, 0.1) is 16.7 Å². The zero-order chi connectivity index (χ0) is 18.9. The van der Waals surface area contributed by atoms with Gasteiger partial charge in [-0.15, -0.1) is 0 Å². The van der Waals surface area contributed by atoms with Crippen LogP contribution in [0.15, 0.2) is 18.3 Å². The number of rotatable bonds is 4. The summed E-state index contributed by atoms with van der Waals surface area (Å²) in [5.41, 5.74) is 0.191. The summed E-state index contributed by atoms with van der Waals surface area (Å²) >= 11 is 0. The first-order valence-corrected chi connectivity index (χ1v) is 10.1. The molecule has 6 aliphatic rings. The fraction of sp³-hybridized carbons (Fsp3) is 0.714. The number of hydrogen-bond acceptors (Lipinski definition) is 2. The minimum atomic E-state index is -4.34. The Morgan fingerprint density at radius 2 is 1.70 bits per heavy atom. The summed E-state index contributed by atoms with van der Waals surface area (Å²) in [4.78, 5) is 16.7. The van der Waals surface area contributed by atoms with Gasteiger partial charge in [0.25, 0.3) is 0 Å². The Kier molecular flexibility index (Phi) is 3.55. The van der Waals surface area contributed by atoms with Crippen LogP contribution in [-0.4, -0.2) is 17.4 Å². The van der Waals surface area contributed by atoms with Crippen molar-refractivity contribution in [3.63, 3.8) is 0 Å². The van der Waals surface area contributed by atoms with E-state index in [1.807, 2.05) is 0 Å². The normalized spacial score (nSPS) is 39.4. The highest BCUT2D eigenvalue weighted by molar-refractivity contribution is 5.85. The monoisotopic (exact) mass is 378 g/mol. The number of fused-ring (bicyclic) bond motifs is 3. The Morgan fingerprint density at radius 3 is 2.15 bits per heavy atom. The number of amides is 1. The number of carbonyl (C=O) groups is 1. The van der Waals surface area contributed by atoms with E-state index in [-0.39, 0.29) is 22.2 Å². The van der Waals surface area contributed by atoms with Crippen LogP contribution in [0.25, 0.3) is 0 Å². The molecule has 0 atom stereocenters. The van der Waals surface area contributed by atoms with Gasteiger partial charge in [0.05, 0.1) is 5.56 Å². The van der Waals surface area contributed by atoms with Crippen molar-refractivity contribution in [2.45, 2.75) is 69.4 Å². The van der Waals surface area contributed by atoms with Gasteiger partial charge in [0.1, 0.15) is 0 Å². The van der Waals surface area contributed by atoms with Crippen molar-refractivity contribution in [2.24, 2.45) is 16.7 Å². The molecule has 1 amide bonds. The number of hydrogen-bond donors (Lipinski definition) is 1. The highest BCUT2D eigenvalue weighted by Crippen LogP contribution is 2.64. The van der Waals surface area contributed by atoms with E-state index in [1.165, 1.54) is 0 Å². The van der Waals surface area contributed by atoms with Gasteiger partial charge in [-0.05, 0) is 81.3 Å². The maximum Gasteiger partial charge on any atom is 0.417 e. The summed E-state index contributed by atoms with van der Waals surface area (Å²) in [5, 5.41) is 3.25. The van der Waals surface area contributed by atoms with Crippen molar-refractivity contribution in [3.8, 4) is 0 Å². The third-order valence-electron chi connectivity index (χ3n) is 8.18. The second-order valence-electron chi connectivity index (χ2n) is 9.65. The average Bonchev–Trinajstić information content (AvgIpc) is 2.58. The molecule has 1 aromatic rings. The molecule has 1 heterocycles. The summed E-state index contributed by atoms with van der Waals surface area (Å²) in [6.45, 7) is 0.759. The molecule has 6 saturated carbocycles. The minimum Gasteiger partial charge on any atom is -0.355 e. The van der Waals surface area contributed by atoms with Crippen LogP contribution in [0.2, 0.25) is 0 Å². The lowest BCUT2D eigenvalue weighted by Crippen LogP contribution is -2.61. The zero-order valence-corrected chi connectivity index (χ0v) is 15.4. The van der Waals surface area contributed by atoms with E-state index in [0.717, 1.165) is 88.2 Å². The molecule has 1 N–H and O–H groups in total. The predicted molar refractivity (Wildman–Crippen MR) is 93.8 cm³/mol. The van der Waals surface area contributed by atoms with Crippen molar-refractivity contribution < 1.29 is 18.0 Å². The summed E-state index contributed by atoms with van der Waals surface area (Å²) in [5.74, 6) is 1.06. The first-order valence-electron chi connectivity index (χ1n) is 10.1. The topological polar surface area (TPSA) is 42.0 Å². The van der Waals surface area contributed by atoms with Crippen molar-refractivity contribution in [3.05, 3.63) is 29.6 Å². The first-order chi connectivity index (χ1) is 12.7. The Hall–Kier alpha value is -1.59. The summed E-state index contributed by atoms with van der Waals surface area (Å²) in [7, 11) is 0. The van der Waals surface area contributed by atoms with Gasteiger partial charge in [0, 0.05) is 29.3 Å². The quantitative estimate of drug-likeness (QED) is 0.831. The SMILES string of the molecule is O=C(NCC12CCC(c3ccc(C(F)(F)F)cn3)(CC1)CC2)C12CC(C1)C2. The second-order valence-corrected chi connectivity index (χ2v) is 9.65. The van der Waals surface area contributed by atoms with Crippen LogP contribution in [0.5, 0.6) is 0 Å². The lowest BCUT2D eigenvalue weighted by molar-refractivity contribution is -0.165. The number of carbonyl (C=O) groups excluding carboxylic acids is 1. The predicted octanol–water partition coefficient (Wildman–Crippen LogP) is 4.61. The molecule has 6 heteroatoms. The van der Waals surface area contributed by atoms with Crippen LogP contribution in [0.1, 0.15) is 69.0 Å². The van der Waals surface area contributed by atoms with E-state index in [2.05, 4.69) is 10.3 Å². The zero-order valence-electron chi connectivity index (χ0n) is 15.4. The molecule has 27 heavy (non-hydrogen) atoms. The number of alkyl halides is 3. The highest BCUT2D eigenvalue weighted by Gasteiger charge is 2.61. The molecule has 6 aliphatic carbocycles. The Labute approximate surface area is 157 Å². The molecule has 1 aromatic heterocycles. The Morgan fingerprint density at radius 1 is 1.07 bits per heavy atom. The van der Waals surface area contributed by atoms with Gasteiger partial charge in [-0.25, -0.2) is 0 Å². The fourth-order valence-electron chi connectivity index (χ4n) is 6.00. The van der Waals surface area contributed by atoms with E-state index in [4.69, 9.17) is 0 Å². The third-order valence-corrected chi connectivity index (χ3v) is 8.18. The molecule has 3 nitrogen and oxygen atoms in total. The van der Waals surface area contributed by atoms with E-state index in [0.29, 0.717) is 0 Å². The van der Waals surface area contributed by atoms with Crippen LogP contribution >= 0.6 is 0 Å². The van der Waals surface area contributed by atoms with Crippen molar-refractivity contribution in [2.75, 3.05) is 6.54 Å². The molecule has 0 saturated heterocycles. The van der Waals surface area contributed by atoms with Gasteiger partial charge in [-0.2, -0.15) is 13.2 Å². The Balaban J connectivity index is 1.23. The van der Waals surface area contributed by atoms with Crippen LogP contribution in [-0.2, 0) is 16.4 Å². The first kappa shape index (κ1) is 17.5. The van der Waals surface area contributed by atoms with Gasteiger partial charge in [0.15, 0.2) is 0 Å². The van der Waals surface area contributed by atoms with Crippen LogP contribution in [0.4, 0.5) is 13.2 Å². The number of pyridine rings is 1. The van der Waals surface area contributed by atoms with E-state index < -0.39 is 11.7 Å². The third kappa shape index (κ3) is 2.62. The second kappa shape index (κ2) is 5.48. The standard InChI is InChI=1S/C21H25F3N2O/c22-21(23,24)15-1-2-16(25-12-15)19-6-3-18(4-7-19,5-8-19)13-26-17(27)20-9-14(10-20)11-20/h1-2,12,14H,3-11,13H2,(H,26,27). The molecule has 0 radical (unpaired) electrons. The number of nitrogens with one attached hydrogen (secondary N) is 1. The van der Waals surface area contributed by atoms with E-state index in [9.17, 15) is 18.0 Å². The van der Waals surface area contributed by atoms with Crippen molar-refractivity contribution in [1.29, 1.82) is 0 Å². The van der Waals surface area contributed by atoms with Gasteiger partial charge < -0.3 is 5.32 Å². The van der Waals surface area contributed by atoms with Gasteiger partial charge in [-0.1, -0.05) is 0 Å². The maximum atomic E-state index is 12.8. The highest BCUT2D eigenvalue weighted by atomic mass is 19.4. The fourth-order valence-corrected chi connectivity index (χ4v) is 6.00. The lowest BCUT2D eigenvalue weighted by Gasteiger charge is -2.60. The van der Waals surface area contributed by atoms with Gasteiger partial charge in [-0.3, -0.25) is 9.78 Å². The van der Waals surface area contributed by atoms with E-state index >= 15 is 0 Å². The molecule has 0 aliphatic heterocycles. The maximum absolute atomic E-state index is 12.8. The molecule has 4 bridgehead atoms. The largest absolute Gasteiger partial charge is 0.417 e. The molecule has 146 valence electrons. The van der Waals surface area contributed by atoms with Crippen molar-refractivity contribution >= 4 is 5.91 Å². The molecule has 0 unspecified atom stereocenters. The average molecular weight is 378 g/mol. The van der Waals surface area contributed by atoms with Crippen LogP contribution in [0.3, 0.4) is 0 Å². The molecular weight excluding hydrogens is 353 g/mol. The molecule has 7 rings (SSSR count). The summed E-state index contributed by atoms with van der Waals surface area (Å²) in [6.07, 6.45) is 5.79. The molecular formula is C21H25F3N2O. The molecule has 6 fully saturated rings. The lowest BCUT2D eigenvalue weighted by atomic mass is 9.44. The number of halogens is 3.